The molecular weight excluding hydrogens is 312 g/mol. The van der Waals surface area contributed by atoms with E-state index in [2.05, 4.69) is 15.5 Å². The van der Waals surface area contributed by atoms with E-state index in [9.17, 15) is 10.1 Å². The number of nitro groups is 1. The smallest absolute Gasteiger partial charge is 0.400 e. The van der Waals surface area contributed by atoms with Crippen LogP contribution in [0.25, 0.3) is 0 Å². The molecule has 0 atom stereocenters. The highest BCUT2D eigenvalue weighted by atomic mass is 79.9. The highest BCUT2D eigenvalue weighted by Gasteiger charge is 2.10. The van der Waals surface area contributed by atoms with Crippen LogP contribution >= 0.6 is 28.7 Å². The van der Waals surface area contributed by atoms with Gasteiger partial charge in [0, 0.05) is 5.75 Å². The Balaban J connectivity index is 0.00000144. The Morgan fingerprint density at radius 3 is 3.06 bits per heavy atom. The molecule has 7 nitrogen and oxygen atoms in total. The molecule has 0 aromatic carbocycles. The number of aliphatic imine (C=N–C) groups is 1. The molecule has 17 heavy (non-hydrogen) atoms. The lowest BCUT2D eigenvalue weighted by molar-refractivity contribution is -0.402. The minimum Gasteiger partial charge on any atom is -0.400 e. The maximum atomic E-state index is 10.3. The van der Waals surface area contributed by atoms with Crippen LogP contribution in [-0.2, 0) is 0 Å². The van der Waals surface area contributed by atoms with Crippen molar-refractivity contribution in [3.8, 4) is 0 Å². The maximum absolute atomic E-state index is 10.3. The number of rotatable bonds is 3. The minimum absolute atomic E-state index is 0. The van der Waals surface area contributed by atoms with Gasteiger partial charge in [-0.05, 0) is 6.07 Å². The second-order valence-corrected chi connectivity index (χ2v) is 3.92. The van der Waals surface area contributed by atoms with E-state index in [-0.39, 0.29) is 22.9 Å². The molecule has 1 aromatic heterocycles. The number of hydrogen-bond acceptors (Lipinski definition) is 7. The lowest BCUT2D eigenvalue weighted by atomic mass is 10.5. The van der Waals surface area contributed by atoms with Crippen LogP contribution in [0.2, 0.25) is 0 Å². The fourth-order valence-electron chi connectivity index (χ4n) is 1.06. The zero-order valence-electron chi connectivity index (χ0n) is 8.53. The maximum Gasteiger partial charge on any atom is 0.433 e. The second-order valence-electron chi connectivity index (χ2n) is 2.84. The molecule has 2 heterocycles. The van der Waals surface area contributed by atoms with E-state index in [1.165, 1.54) is 18.3 Å². The van der Waals surface area contributed by atoms with E-state index in [1.807, 2.05) is 0 Å². The summed E-state index contributed by atoms with van der Waals surface area (Å²) in [6.07, 6.45) is 1.37. The van der Waals surface area contributed by atoms with Gasteiger partial charge in [0.1, 0.15) is 4.92 Å². The molecule has 0 amide bonds. The van der Waals surface area contributed by atoms with Gasteiger partial charge in [0.15, 0.2) is 10.9 Å². The normalized spacial score (nSPS) is 14.5. The molecule has 0 spiro atoms. The van der Waals surface area contributed by atoms with E-state index in [0.717, 1.165) is 17.5 Å². The van der Waals surface area contributed by atoms with Gasteiger partial charge in [0.05, 0.1) is 18.8 Å². The third-order valence-electron chi connectivity index (χ3n) is 1.73. The second kappa shape index (κ2) is 6.40. The van der Waals surface area contributed by atoms with Crippen LogP contribution in [0.1, 0.15) is 5.76 Å². The van der Waals surface area contributed by atoms with Crippen molar-refractivity contribution >= 4 is 46.0 Å². The van der Waals surface area contributed by atoms with Crippen molar-refractivity contribution in [3.05, 3.63) is 28.0 Å². The van der Waals surface area contributed by atoms with Crippen molar-refractivity contribution in [1.82, 2.24) is 5.43 Å². The summed E-state index contributed by atoms with van der Waals surface area (Å²) in [4.78, 5) is 13.8. The number of hydrogen-bond donors (Lipinski definition) is 1. The van der Waals surface area contributed by atoms with Crippen molar-refractivity contribution in [3.63, 3.8) is 0 Å². The number of hydrazone groups is 1. The fourth-order valence-corrected chi connectivity index (χ4v) is 1.74. The first-order valence-corrected chi connectivity index (χ1v) is 5.45. The molecule has 0 saturated carbocycles. The molecule has 1 aromatic rings. The molecule has 0 fully saturated rings. The Morgan fingerprint density at radius 1 is 1.65 bits per heavy atom. The molecule has 1 aliphatic heterocycles. The molecule has 9 heteroatoms. The first-order valence-electron chi connectivity index (χ1n) is 4.46. The molecule has 1 aliphatic rings. The van der Waals surface area contributed by atoms with Crippen molar-refractivity contribution in [2.45, 2.75) is 0 Å². The van der Waals surface area contributed by atoms with E-state index in [1.54, 1.807) is 11.8 Å². The molecular formula is C8H9BrN4O3S. The summed E-state index contributed by atoms with van der Waals surface area (Å²) in [7, 11) is 0. The van der Waals surface area contributed by atoms with Crippen LogP contribution in [0.5, 0.6) is 0 Å². The standard InChI is InChI=1S/C8H8N4O3S.BrH/c13-12(14)7-2-1-6(15-7)5-10-11-8-9-3-4-16-8;/h1-2,5H,3-4H2,(H,9,11);1H/b10-5-;. The highest BCUT2D eigenvalue weighted by molar-refractivity contribution is 8.93. The van der Waals surface area contributed by atoms with E-state index >= 15 is 0 Å². The topological polar surface area (TPSA) is 93.0 Å². The Kier molecular flexibility index (Phi) is 5.16. The van der Waals surface area contributed by atoms with Gasteiger partial charge in [-0.3, -0.25) is 20.5 Å². The van der Waals surface area contributed by atoms with Gasteiger partial charge < -0.3 is 4.42 Å². The molecule has 0 bridgehead atoms. The van der Waals surface area contributed by atoms with Crippen LogP contribution < -0.4 is 5.43 Å². The summed E-state index contributed by atoms with van der Waals surface area (Å²) in [5.41, 5.74) is 2.72. The summed E-state index contributed by atoms with van der Waals surface area (Å²) in [5, 5.41) is 14.9. The predicted molar refractivity (Wildman–Crippen MR) is 71.2 cm³/mol. The largest absolute Gasteiger partial charge is 0.433 e. The van der Waals surface area contributed by atoms with Gasteiger partial charge in [0.2, 0.25) is 0 Å². The molecule has 92 valence electrons. The molecule has 0 saturated heterocycles. The monoisotopic (exact) mass is 320 g/mol. The zero-order valence-corrected chi connectivity index (χ0v) is 11.1. The third kappa shape index (κ3) is 3.86. The van der Waals surface area contributed by atoms with Crippen LogP contribution in [-0.4, -0.2) is 28.6 Å². The third-order valence-corrected chi connectivity index (χ3v) is 2.61. The molecule has 0 aliphatic carbocycles. The summed E-state index contributed by atoms with van der Waals surface area (Å²) in [5.74, 6) is 0.973. The van der Waals surface area contributed by atoms with E-state index < -0.39 is 4.92 Å². The molecule has 0 radical (unpaired) electrons. The summed E-state index contributed by atoms with van der Waals surface area (Å²) in [6, 6.07) is 2.76. The van der Waals surface area contributed by atoms with Gasteiger partial charge in [-0.25, -0.2) is 0 Å². The molecule has 1 N–H and O–H groups in total. The van der Waals surface area contributed by atoms with E-state index in [4.69, 9.17) is 4.42 Å². The minimum atomic E-state index is -0.596. The average Bonchev–Trinajstić information content (AvgIpc) is 2.87. The highest BCUT2D eigenvalue weighted by Crippen LogP contribution is 2.14. The Labute approximate surface area is 111 Å². The molecule has 2 rings (SSSR count). The number of halogens is 1. The predicted octanol–water partition coefficient (Wildman–Crippen LogP) is 1.79. The first kappa shape index (κ1) is 13.7. The fraction of sp³-hybridized carbons (Fsp3) is 0.250. The Hall–Kier alpha value is -1.35. The SMILES string of the molecule is Br.O=[N+]([O-])c1ccc(/C=N\NC2=NCCS2)o1. The van der Waals surface area contributed by atoms with Crippen molar-refractivity contribution in [2.24, 2.45) is 10.1 Å². The van der Waals surface area contributed by atoms with Crippen molar-refractivity contribution in [1.29, 1.82) is 0 Å². The number of nitrogens with one attached hydrogen (secondary N) is 1. The van der Waals surface area contributed by atoms with Gasteiger partial charge >= 0.3 is 5.88 Å². The average molecular weight is 321 g/mol. The van der Waals surface area contributed by atoms with E-state index in [0.29, 0.717) is 5.76 Å². The number of thioether (sulfide) groups is 1. The Morgan fingerprint density at radius 2 is 2.47 bits per heavy atom. The van der Waals surface area contributed by atoms with Gasteiger partial charge in [-0.1, -0.05) is 11.8 Å². The van der Waals surface area contributed by atoms with Crippen LogP contribution in [0, 0.1) is 10.1 Å². The van der Waals surface area contributed by atoms with Crippen molar-refractivity contribution < 1.29 is 9.34 Å². The zero-order chi connectivity index (χ0) is 11.4. The van der Waals surface area contributed by atoms with Crippen molar-refractivity contribution in [2.75, 3.05) is 12.3 Å². The number of amidine groups is 1. The van der Waals surface area contributed by atoms with Gasteiger partial charge in [-0.15, -0.1) is 17.0 Å². The molecule has 0 unspecified atom stereocenters. The van der Waals surface area contributed by atoms with Crippen LogP contribution in [0.3, 0.4) is 0 Å². The summed E-state index contributed by atoms with van der Waals surface area (Å²) >= 11 is 1.57. The number of furan rings is 1. The van der Waals surface area contributed by atoms with Crippen LogP contribution in [0.4, 0.5) is 5.88 Å². The number of nitrogens with zero attached hydrogens (tertiary/aromatic N) is 3. The summed E-state index contributed by atoms with van der Waals surface area (Å²) in [6.45, 7) is 0.786. The summed E-state index contributed by atoms with van der Waals surface area (Å²) < 4.78 is 4.87. The Bertz CT molecular complexity index is 459. The van der Waals surface area contributed by atoms with Gasteiger partial charge in [0.25, 0.3) is 0 Å². The van der Waals surface area contributed by atoms with Crippen LogP contribution in [0.15, 0.2) is 26.6 Å². The lowest BCUT2D eigenvalue weighted by Gasteiger charge is -1.94. The van der Waals surface area contributed by atoms with Gasteiger partial charge in [-0.2, -0.15) is 5.10 Å². The quantitative estimate of drug-likeness (QED) is 0.520. The first-order chi connectivity index (χ1) is 7.75. The lowest BCUT2D eigenvalue weighted by Crippen LogP contribution is -2.11.